The average Bonchev–Trinajstić information content (AvgIpc) is 2.73. The van der Waals surface area contributed by atoms with Crippen LogP contribution in [0.1, 0.15) is 15.9 Å². The van der Waals surface area contributed by atoms with E-state index in [4.69, 9.17) is 10.6 Å². The van der Waals surface area contributed by atoms with Crippen LogP contribution in [0.5, 0.6) is 0 Å². The standard InChI is InChI=1S/C8H11N3O3S/c9-11-10-3-6(13)8(14)7-2-1-5(4-12)15-7/h1-2,6,8,12-14H,3-4H2. The van der Waals surface area contributed by atoms with E-state index in [2.05, 4.69) is 10.0 Å². The van der Waals surface area contributed by atoms with Crippen molar-refractivity contribution in [1.29, 1.82) is 0 Å². The Balaban J connectivity index is 2.66. The van der Waals surface area contributed by atoms with Crippen molar-refractivity contribution in [2.24, 2.45) is 5.11 Å². The molecule has 3 N–H and O–H groups in total. The lowest BCUT2D eigenvalue weighted by atomic mass is 10.2. The van der Waals surface area contributed by atoms with Crippen LogP contribution in [-0.4, -0.2) is 28.0 Å². The van der Waals surface area contributed by atoms with Crippen LogP contribution in [0.3, 0.4) is 0 Å². The molecule has 0 aliphatic carbocycles. The molecule has 0 amide bonds. The third-order valence-electron chi connectivity index (χ3n) is 1.83. The highest BCUT2D eigenvalue weighted by Crippen LogP contribution is 2.25. The van der Waals surface area contributed by atoms with E-state index >= 15 is 0 Å². The SMILES string of the molecule is [N-]=[N+]=NCC(O)C(O)c1ccc(CO)s1. The Labute approximate surface area is 90.0 Å². The fourth-order valence-corrected chi connectivity index (χ4v) is 1.97. The van der Waals surface area contributed by atoms with Gasteiger partial charge in [-0.3, -0.25) is 0 Å². The minimum Gasteiger partial charge on any atom is -0.391 e. The second kappa shape index (κ2) is 5.69. The van der Waals surface area contributed by atoms with Gasteiger partial charge >= 0.3 is 0 Å². The summed E-state index contributed by atoms with van der Waals surface area (Å²) in [6.07, 6.45) is -2.20. The Kier molecular flexibility index (Phi) is 4.54. The summed E-state index contributed by atoms with van der Waals surface area (Å²) < 4.78 is 0. The first-order valence-electron chi connectivity index (χ1n) is 4.25. The highest BCUT2D eigenvalue weighted by Gasteiger charge is 2.19. The first-order valence-corrected chi connectivity index (χ1v) is 5.07. The van der Waals surface area contributed by atoms with Gasteiger partial charge in [0.2, 0.25) is 0 Å². The Morgan fingerprint density at radius 2 is 2.20 bits per heavy atom. The quantitative estimate of drug-likeness (QED) is 0.397. The number of thiophene rings is 1. The molecule has 82 valence electrons. The van der Waals surface area contributed by atoms with Gasteiger partial charge in [0.25, 0.3) is 0 Å². The van der Waals surface area contributed by atoms with E-state index in [0.717, 1.165) is 0 Å². The Hall–Kier alpha value is -1.11. The van der Waals surface area contributed by atoms with Gasteiger partial charge in [0, 0.05) is 14.7 Å². The lowest BCUT2D eigenvalue weighted by molar-refractivity contribution is 0.0266. The molecule has 1 heterocycles. The normalized spacial score (nSPS) is 14.3. The van der Waals surface area contributed by atoms with E-state index in [1.54, 1.807) is 12.1 Å². The van der Waals surface area contributed by atoms with E-state index in [-0.39, 0.29) is 13.2 Å². The smallest absolute Gasteiger partial charge is 0.114 e. The van der Waals surface area contributed by atoms with Gasteiger partial charge in [-0.15, -0.1) is 11.3 Å². The third kappa shape index (κ3) is 3.19. The average molecular weight is 229 g/mol. The summed E-state index contributed by atoms with van der Waals surface area (Å²) in [5, 5.41) is 31.0. The van der Waals surface area contributed by atoms with Crippen LogP contribution >= 0.6 is 11.3 Å². The summed E-state index contributed by atoms with van der Waals surface area (Å²) in [7, 11) is 0. The molecule has 0 fully saturated rings. The summed E-state index contributed by atoms with van der Waals surface area (Å²) in [6.45, 7) is -0.270. The molecule has 15 heavy (non-hydrogen) atoms. The van der Waals surface area contributed by atoms with Crippen LogP contribution in [0.2, 0.25) is 0 Å². The maximum Gasteiger partial charge on any atom is 0.114 e. The number of hydrogen-bond donors (Lipinski definition) is 3. The van der Waals surface area contributed by atoms with Crippen molar-refractivity contribution >= 4 is 11.3 Å². The van der Waals surface area contributed by atoms with E-state index in [1.807, 2.05) is 0 Å². The summed E-state index contributed by atoms with van der Waals surface area (Å²) in [6, 6.07) is 3.30. The van der Waals surface area contributed by atoms with E-state index in [9.17, 15) is 10.2 Å². The second-order valence-corrected chi connectivity index (χ2v) is 4.09. The molecular weight excluding hydrogens is 218 g/mol. The van der Waals surface area contributed by atoms with Gasteiger partial charge in [0.1, 0.15) is 6.10 Å². The third-order valence-corrected chi connectivity index (χ3v) is 2.97. The summed E-state index contributed by atoms with van der Waals surface area (Å²) >= 11 is 1.21. The fraction of sp³-hybridized carbons (Fsp3) is 0.500. The number of azide groups is 1. The van der Waals surface area contributed by atoms with Crippen LogP contribution in [0, 0.1) is 0 Å². The van der Waals surface area contributed by atoms with Crippen LogP contribution < -0.4 is 0 Å². The molecule has 2 atom stereocenters. The molecule has 0 saturated heterocycles. The van der Waals surface area contributed by atoms with Gasteiger partial charge in [0.05, 0.1) is 19.3 Å². The Morgan fingerprint density at radius 1 is 1.47 bits per heavy atom. The van der Waals surface area contributed by atoms with Crippen LogP contribution in [0.15, 0.2) is 17.2 Å². The Morgan fingerprint density at radius 3 is 2.73 bits per heavy atom. The van der Waals surface area contributed by atoms with Crippen molar-refractivity contribution in [1.82, 2.24) is 0 Å². The van der Waals surface area contributed by atoms with Crippen molar-refractivity contribution in [3.8, 4) is 0 Å². The van der Waals surface area contributed by atoms with Crippen molar-refractivity contribution in [2.75, 3.05) is 6.54 Å². The molecule has 6 nitrogen and oxygen atoms in total. The van der Waals surface area contributed by atoms with Crippen molar-refractivity contribution in [2.45, 2.75) is 18.8 Å². The zero-order chi connectivity index (χ0) is 11.3. The molecule has 1 aromatic heterocycles. The van der Waals surface area contributed by atoms with Gasteiger partial charge in [-0.2, -0.15) is 0 Å². The van der Waals surface area contributed by atoms with Gasteiger partial charge in [-0.05, 0) is 17.7 Å². The highest BCUT2D eigenvalue weighted by molar-refractivity contribution is 7.12. The number of nitrogens with zero attached hydrogens (tertiary/aromatic N) is 3. The first-order chi connectivity index (χ1) is 7.19. The first kappa shape index (κ1) is 12.0. The van der Waals surface area contributed by atoms with Crippen molar-refractivity contribution in [3.05, 3.63) is 32.3 Å². The predicted octanol–water partition coefficient (Wildman–Crippen LogP) is 0.945. The second-order valence-electron chi connectivity index (χ2n) is 2.89. The molecule has 1 aromatic rings. The lowest BCUT2D eigenvalue weighted by Gasteiger charge is -2.13. The minimum atomic E-state index is -1.12. The number of aliphatic hydroxyl groups is 3. The van der Waals surface area contributed by atoms with Crippen LogP contribution in [0.4, 0.5) is 0 Å². The highest BCUT2D eigenvalue weighted by atomic mass is 32.1. The Bertz CT molecular complexity index is 362. The lowest BCUT2D eigenvalue weighted by Crippen LogP contribution is -2.20. The molecule has 0 spiro atoms. The predicted molar refractivity (Wildman–Crippen MR) is 55.2 cm³/mol. The molecule has 1 rings (SSSR count). The molecule has 7 heteroatoms. The van der Waals surface area contributed by atoms with Gasteiger partial charge in [-0.25, -0.2) is 0 Å². The topological polar surface area (TPSA) is 109 Å². The fourth-order valence-electron chi connectivity index (χ4n) is 1.05. The van der Waals surface area contributed by atoms with Gasteiger partial charge in [0.15, 0.2) is 0 Å². The summed E-state index contributed by atoms with van der Waals surface area (Å²) in [4.78, 5) is 3.74. The maximum absolute atomic E-state index is 9.62. The zero-order valence-electron chi connectivity index (χ0n) is 7.82. The monoisotopic (exact) mass is 229 g/mol. The van der Waals surface area contributed by atoms with E-state index in [0.29, 0.717) is 9.75 Å². The van der Waals surface area contributed by atoms with Crippen molar-refractivity contribution in [3.63, 3.8) is 0 Å². The molecule has 0 aliphatic rings. The van der Waals surface area contributed by atoms with E-state index in [1.165, 1.54) is 11.3 Å². The summed E-state index contributed by atoms with van der Waals surface area (Å²) in [5.74, 6) is 0. The number of hydrogen-bond acceptors (Lipinski definition) is 5. The van der Waals surface area contributed by atoms with Crippen LogP contribution in [0.25, 0.3) is 10.4 Å². The molecule has 0 bridgehead atoms. The van der Waals surface area contributed by atoms with Gasteiger partial charge < -0.3 is 15.3 Å². The maximum atomic E-state index is 9.62. The largest absolute Gasteiger partial charge is 0.391 e. The molecule has 2 unspecified atom stereocenters. The minimum absolute atomic E-state index is 0.0934. The van der Waals surface area contributed by atoms with E-state index < -0.39 is 12.2 Å². The molecular formula is C8H11N3O3S. The van der Waals surface area contributed by atoms with Crippen LogP contribution in [-0.2, 0) is 6.61 Å². The molecule has 0 saturated carbocycles. The molecule has 0 aromatic carbocycles. The van der Waals surface area contributed by atoms with Gasteiger partial charge in [-0.1, -0.05) is 5.11 Å². The number of aliphatic hydroxyl groups excluding tert-OH is 3. The molecule has 0 aliphatic heterocycles. The molecule has 0 radical (unpaired) electrons. The zero-order valence-corrected chi connectivity index (χ0v) is 8.63. The van der Waals surface area contributed by atoms with Crippen molar-refractivity contribution < 1.29 is 15.3 Å². The number of rotatable bonds is 5. The summed E-state index contributed by atoms with van der Waals surface area (Å²) in [5.41, 5.74) is 8.04.